The second-order valence-electron chi connectivity index (χ2n) is 13.6. The third-order valence-electron chi connectivity index (χ3n) is 10.9. The maximum absolute atomic E-state index is 14.6. The van der Waals surface area contributed by atoms with E-state index in [1.807, 2.05) is 36.4 Å². The van der Waals surface area contributed by atoms with Crippen molar-refractivity contribution in [3.63, 3.8) is 0 Å². The van der Waals surface area contributed by atoms with E-state index in [-0.39, 0.29) is 35.8 Å². The molecular formula is C40H32Cl2FN3O7. The number of hydrogen-bond acceptors (Lipinski definition) is 8. The van der Waals surface area contributed by atoms with Crippen LogP contribution in [0.3, 0.4) is 0 Å². The van der Waals surface area contributed by atoms with Crippen molar-refractivity contribution < 1.29 is 38.1 Å². The van der Waals surface area contributed by atoms with Gasteiger partial charge < -0.3 is 19.9 Å². The number of para-hydroxylation sites is 1. The molecule has 0 aromatic heterocycles. The average Bonchev–Trinajstić information content (AvgIpc) is 3.50. The number of phenols is 1. The van der Waals surface area contributed by atoms with Gasteiger partial charge in [0.2, 0.25) is 17.6 Å². The van der Waals surface area contributed by atoms with Crippen molar-refractivity contribution in [3.05, 3.63) is 114 Å². The van der Waals surface area contributed by atoms with Crippen LogP contribution in [-0.2, 0) is 19.2 Å². The standard InChI is InChI=1S/C40H32Cl2FN3O7/c1-52-30-18-21(19-31(53-2)34(30)47)33-27-16-17-28-32(36(49)45(35(28)48)25-14-10-24(11-15-25)44-23-6-4-3-5-7-23)29(27)20-39(41)37(50)46(38(51)40(33,39)42)26-12-8-22(43)9-13-26/h3-16,18-19,28-29,32-33,44,47H,17,20H2,1-2H3/t28-,29+,32-,33-,39+,40-/m0/s1. The number of fused-ring (bicyclic) bond motifs is 4. The minimum atomic E-state index is -2.17. The Bertz CT molecular complexity index is 2190. The number of hydrogen-bond donors (Lipinski definition) is 2. The van der Waals surface area contributed by atoms with Crippen molar-refractivity contribution in [2.45, 2.75) is 28.5 Å². The number of aromatic hydroxyl groups is 1. The van der Waals surface area contributed by atoms with Gasteiger partial charge >= 0.3 is 0 Å². The molecule has 3 fully saturated rings. The fourth-order valence-electron chi connectivity index (χ4n) is 8.49. The smallest absolute Gasteiger partial charge is 0.258 e. The zero-order valence-corrected chi connectivity index (χ0v) is 29.9. The molecule has 10 nitrogen and oxygen atoms in total. The van der Waals surface area contributed by atoms with Crippen LogP contribution < -0.4 is 24.6 Å². The van der Waals surface area contributed by atoms with E-state index in [0.29, 0.717) is 16.8 Å². The molecule has 6 atom stereocenters. The van der Waals surface area contributed by atoms with Gasteiger partial charge in [0.25, 0.3) is 11.8 Å². The summed E-state index contributed by atoms with van der Waals surface area (Å²) in [4.78, 5) is 55.5. The first kappa shape index (κ1) is 34.7. The molecule has 4 aliphatic rings. The van der Waals surface area contributed by atoms with Gasteiger partial charge in [-0.25, -0.2) is 9.29 Å². The Kier molecular flexibility index (Phi) is 8.27. The Balaban J connectivity index is 1.23. The number of methoxy groups -OCH3 is 2. The summed E-state index contributed by atoms with van der Waals surface area (Å²) in [7, 11) is 2.69. The quantitative estimate of drug-likeness (QED) is 0.117. The highest BCUT2D eigenvalue weighted by molar-refractivity contribution is 6.58. The Morgan fingerprint density at radius 3 is 1.98 bits per heavy atom. The zero-order valence-electron chi connectivity index (χ0n) is 28.4. The molecule has 0 spiro atoms. The number of benzene rings is 4. The number of carbonyl (C=O) groups is 4. The van der Waals surface area contributed by atoms with Crippen LogP contribution >= 0.6 is 23.2 Å². The maximum Gasteiger partial charge on any atom is 0.258 e. The summed E-state index contributed by atoms with van der Waals surface area (Å²) >= 11 is 14.9. The summed E-state index contributed by atoms with van der Waals surface area (Å²) in [5, 5.41) is 14.1. The Labute approximate surface area is 313 Å². The van der Waals surface area contributed by atoms with Gasteiger partial charge in [-0.2, -0.15) is 0 Å². The maximum atomic E-state index is 14.6. The highest BCUT2D eigenvalue weighted by Gasteiger charge is 2.76. The Morgan fingerprint density at radius 2 is 1.36 bits per heavy atom. The van der Waals surface area contributed by atoms with Crippen molar-refractivity contribution >= 4 is 69.6 Å². The molecule has 8 rings (SSSR count). The summed E-state index contributed by atoms with van der Waals surface area (Å²) in [6.45, 7) is 0. The largest absolute Gasteiger partial charge is 0.502 e. The number of imide groups is 2. The van der Waals surface area contributed by atoms with Crippen LogP contribution in [0.15, 0.2) is 103 Å². The number of allylic oxidation sites excluding steroid dienone is 2. The number of carbonyl (C=O) groups excluding carboxylic acids is 4. The third kappa shape index (κ3) is 5.04. The first-order valence-corrected chi connectivity index (χ1v) is 17.7. The number of rotatable bonds is 7. The number of amides is 4. The number of nitrogens with zero attached hydrogens (tertiary/aromatic N) is 2. The van der Waals surface area contributed by atoms with E-state index < -0.39 is 62.9 Å². The predicted molar refractivity (Wildman–Crippen MR) is 196 cm³/mol. The van der Waals surface area contributed by atoms with Gasteiger partial charge in [0, 0.05) is 17.3 Å². The molecule has 2 heterocycles. The second-order valence-corrected chi connectivity index (χ2v) is 14.8. The van der Waals surface area contributed by atoms with E-state index in [2.05, 4.69) is 5.32 Å². The van der Waals surface area contributed by atoms with Crippen LogP contribution in [0.2, 0.25) is 0 Å². The molecular weight excluding hydrogens is 724 g/mol. The van der Waals surface area contributed by atoms with Crippen LogP contribution in [0.25, 0.3) is 0 Å². The van der Waals surface area contributed by atoms with Crippen LogP contribution in [0, 0.1) is 23.6 Å². The average molecular weight is 757 g/mol. The lowest BCUT2D eigenvalue weighted by Gasteiger charge is -2.50. The summed E-state index contributed by atoms with van der Waals surface area (Å²) in [6.07, 6.45) is 1.71. The zero-order chi connectivity index (χ0) is 37.4. The van der Waals surface area contributed by atoms with Crippen molar-refractivity contribution in [3.8, 4) is 17.2 Å². The van der Waals surface area contributed by atoms with Crippen molar-refractivity contribution in [1.82, 2.24) is 0 Å². The molecule has 2 N–H and O–H groups in total. The Morgan fingerprint density at radius 1 is 0.774 bits per heavy atom. The molecule has 270 valence electrons. The van der Waals surface area contributed by atoms with Gasteiger partial charge in [-0.1, -0.05) is 29.8 Å². The number of alkyl halides is 2. The van der Waals surface area contributed by atoms with Gasteiger partial charge in [0.05, 0.1) is 37.4 Å². The number of ether oxygens (including phenoxy) is 2. The SMILES string of the molecule is COc1cc([C@H]2C3=CC[C@@H]4C(=O)N(c5ccc(Nc6ccccc6)cc5)C(=O)[C@@H]4[C@@H]3C[C@@]3(Cl)C(=O)N(c4ccc(F)cc4)C(=O)[C@@]23Cl)cc(OC)c1O. The van der Waals surface area contributed by atoms with E-state index in [1.54, 1.807) is 24.3 Å². The molecule has 1 saturated carbocycles. The minimum Gasteiger partial charge on any atom is -0.502 e. The number of halogens is 3. The molecule has 0 bridgehead atoms. The first-order valence-electron chi connectivity index (χ1n) is 16.9. The molecule has 2 saturated heterocycles. The summed E-state index contributed by atoms with van der Waals surface area (Å²) in [5.41, 5.74) is 2.94. The van der Waals surface area contributed by atoms with Gasteiger partial charge in [-0.3, -0.25) is 24.1 Å². The van der Waals surface area contributed by atoms with Crippen LogP contribution in [0.1, 0.15) is 24.3 Å². The monoisotopic (exact) mass is 755 g/mol. The molecule has 4 amide bonds. The van der Waals surface area contributed by atoms with Gasteiger partial charge in [-0.15, -0.1) is 23.2 Å². The minimum absolute atomic E-state index is 0.00635. The molecule has 13 heteroatoms. The lowest BCUT2D eigenvalue weighted by atomic mass is 9.56. The fourth-order valence-corrected chi connectivity index (χ4v) is 9.42. The van der Waals surface area contributed by atoms with E-state index in [9.17, 15) is 28.7 Å². The van der Waals surface area contributed by atoms with Crippen LogP contribution in [0.5, 0.6) is 17.2 Å². The fraction of sp³-hybridized carbons (Fsp3) is 0.250. The molecule has 0 unspecified atom stereocenters. The van der Waals surface area contributed by atoms with Crippen molar-refractivity contribution in [2.24, 2.45) is 17.8 Å². The number of nitrogens with one attached hydrogen (secondary N) is 1. The van der Waals surface area contributed by atoms with Gasteiger partial charge in [0.15, 0.2) is 21.2 Å². The van der Waals surface area contributed by atoms with Crippen LogP contribution in [0.4, 0.5) is 27.1 Å². The van der Waals surface area contributed by atoms with E-state index >= 15 is 0 Å². The molecule has 2 aliphatic heterocycles. The first-order chi connectivity index (χ1) is 25.4. The van der Waals surface area contributed by atoms with E-state index in [0.717, 1.165) is 28.4 Å². The summed E-state index contributed by atoms with van der Waals surface area (Å²) in [6, 6.07) is 24.2. The van der Waals surface area contributed by atoms with Crippen molar-refractivity contribution in [2.75, 3.05) is 29.3 Å². The number of phenolic OH excluding ortho intramolecular Hbond substituents is 1. The van der Waals surface area contributed by atoms with E-state index in [1.165, 1.54) is 43.4 Å². The van der Waals surface area contributed by atoms with Gasteiger partial charge in [0.1, 0.15) is 5.82 Å². The highest BCUT2D eigenvalue weighted by atomic mass is 35.5. The molecule has 4 aromatic rings. The third-order valence-corrected chi connectivity index (χ3v) is 12.3. The number of anilines is 4. The van der Waals surface area contributed by atoms with Crippen molar-refractivity contribution in [1.29, 1.82) is 0 Å². The summed E-state index contributed by atoms with van der Waals surface area (Å²) < 4.78 is 24.9. The molecule has 0 radical (unpaired) electrons. The van der Waals surface area contributed by atoms with Crippen LogP contribution in [-0.4, -0.2) is 52.7 Å². The summed E-state index contributed by atoms with van der Waals surface area (Å²) in [5.74, 6) is -7.09. The lowest BCUT2D eigenvalue weighted by Crippen LogP contribution is -2.60. The molecule has 2 aliphatic carbocycles. The highest BCUT2D eigenvalue weighted by Crippen LogP contribution is 2.66. The normalized spacial score (nSPS) is 27.6. The van der Waals surface area contributed by atoms with Gasteiger partial charge in [-0.05, 0) is 97.1 Å². The van der Waals surface area contributed by atoms with E-state index in [4.69, 9.17) is 32.7 Å². The topological polar surface area (TPSA) is 125 Å². The predicted octanol–water partition coefficient (Wildman–Crippen LogP) is 7.06. The molecule has 53 heavy (non-hydrogen) atoms. The lowest BCUT2D eigenvalue weighted by molar-refractivity contribution is -0.125. The molecule has 4 aromatic carbocycles. The second kappa shape index (κ2) is 12.6. The Hall–Kier alpha value is -5.39.